The van der Waals surface area contributed by atoms with E-state index in [9.17, 15) is 14.4 Å². The molecule has 0 aliphatic carbocycles. The lowest BCUT2D eigenvalue weighted by molar-refractivity contribution is -0.148. The van der Waals surface area contributed by atoms with Gasteiger partial charge in [0.25, 0.3) is 0 Å². The van der Waals surface area contributed by atoms with Crippen LogP contribution in [-0.4, -0.2) is 65.2 Å². The van der Waals surface area contributed by atoms with Crippen molar-refractivity contribution in [3.8, 4) is 0 Å². The van der Waals surface area contributed by atoms with Gasteiger partial charge in [0.15, 0.2) is 0 Å². The summed E-state index contributed by atoms with van der Waals surface area (Å²) in [5.74, 6) is -1.55. The maximum absolute atomic E-state index is 12.6. The van der Waals surface area contributed by atoms with Crippen LogP contribution in [0.15, 0.2) is 35.5 Å². The molecule has 2 aliphatic rings. The van der Waals surface area contributed by atoms with Crippen molar-refractivity contribution >= 4 is 29.3 Å². The average molecular weight is 432 g/mol. The molecule has 1 saturated heterocycles. The minimum atomic E-state index is -0.641. The molecule has 2 heterocycles. The van der Waals surface area contributed by atoms with Crippen LogP contribution in [0.25, 0.3) is 0 Å². The van der Waals surface area contributed by atoms with Gasteiger partial charge in [-0.2, -0.15) is 0 Å². The highest BCUT2D eigenvalue weighted by atomic mass is 16.5. The molecule has 168 valence electrons. The molecule has 0 spiro atoms. The van der Waals surface area contributed by atoms with Crippen LogP contribution in [0.1, 0.15) is 19.8 Å². The highest BCUT2D eigenvalue weighted by Gasteiger charge is 2.34. The lowest BCUT2D eigenvalue weighted by Crippen LogP contribution is -2.41. The molecule has 3 rings (SSSR count). The number of esters is 3. The van der Waals surface area contributed by atoms with Crippen LogP contribution in [0, 0.1) is 5.92 Å². The topological polar surface area (TPSA) is 94.6 Å². The Hall–Kier alpha value is -3.07. The lowest BCUT2D eigenvalue weighted by Gasteiger charge is -2.37. The van der Waals surface area contributed by atoms with Gasteiger partial charge in [-0.25, -0.2) is 9.59 Å². The third-order valence-electron chi connectivity index (χ3n) is 5.46. The average Bonchev–Trinajstić information content (AvgIpc) is 2.82. The van der Waals surface area contributed by atoms with E-state index in [-0.39, 0.29) is 36.5 Å². The Balaban J connectivity index is 1.91. The van der Waals surface area contributed by atoms with E-state index in [0.717, 1.165) is 5.69 Å². The number of rotatable bonds is 6. The number of methoxy groups -OCH3 is 2. The number of ether oxygens (including phenoxy) is 4. The van der Waals surface area contributed by atoms with Crippen LogP contribution in [0.5, 0.6) is 0 Å². The number of hydrogen-bond acceptors (Lipinski definition) is 9. The fraction of sp³-hybridized carbons (Fsp3) is 0.500. The highest BCUT2D eigenvalue weighted by Crippen LogP contribution is 2.36. The Morgan fingerprint density at radius 2 is 1.68 bits per heavy atom. The van der Waals surface area contributed by atoms with Gasteiger partial charge in [-0.3, -0.25) is 4.79 Å². The summed E-state index contributed by atoms with van der Waals surface area (Å²) < 4.78 is 20.5. The SMILES string of the molecule is CCOC(=O)C1CCN(c2ccccc2N2COCC(C(=O)OC)=C2C(=O)OC)CC1. The quantitative estimate of drug-likeness (QED) is 0.493. The summed E-state index contributed by atoms with van der Waals surface area (Å²) in [6, 6.07) is 7.57. The first-order valence-electron chi connectivity index (χ1n) is 10.3. The Kier molecular flexibility index (Phi) is 7.51. The van der Waals surface area contributed by atoms with Crippen molar-refractivity contribution in [2.45, 2.75) is 19.8 Å². The normalized spacial score (nSPS) is 17.4. The molecule has 0 atom stereocenters. The molecule has 0 saturated carbocycles. The van der Waals surface area contributed by atoms with Gasteiger partial charge in [-0.15, -0.1) is 0 Å². The summed E-state index contributed by atoms with van der Waals surface area (Å²) in [5.41, 5.74) is 1.80. The van der Waals surface area contributed by atoms with Crippen LogP contribution in [-0.2, 0) is 33.3 Å². The Morgan fingerprint density at radius 3 is 2.29 bits per heavy atom. The lowest BCUT2D eigenvalue weighted by atomic mass is 9.96. The van der Waals surface area contributed by atoms with E-state index in [1.165, 1.54) is 14.2 Å². The van der Waals surface area contributed by atoms with Crippen molar-refractivity contribution in [2.75, 3.05) is 57.1 Å². The standard InChI is InChI=1S/C22H28N2O7/c1-4-31-20(25)15-9-11-23(12-10-15)17-7-5-6-8-18(17)24-14-30-13-16(21(26)28-2)19(24)22(27)29-3/h5-8,15H,4,9-14H2,1-3H3. The second-order valence-electron chi connectivity index (χ2n) is 7.22. The van der Waals surface area contributed by atoms with Crippen molar-refractivity contribution < 1.29 is 33.3 Å². The Bertz CT molecular complexity index is 859. The predicted molar refractivity (Wildman–Crippen MR) is 112 cm³/mol. The smallest absolute Gasteiger partial charge is 0.355 e. The summed E-state index contributed by atoms with van der Waals surface area (Å²) in [6.07, 6.45) is 1.35. The monoisotopic (exact) mass is 432 g/mol. The summed E-state index contributed by atoms with van der Waals surface area (Å²) in [5, 5.41) is 0. The summed E-state index contributed by atoms with van der Waals surface area (Å²) in [4.78, 5) is 40.7. The van der Waals surface area contributed by atoms with E-state index in [1.807, 2.05) is 24.3 Å². The number of carbonyl (C=O) groups excluding carboxylic acids is 3. The number of anilines is 2. The molecule has 1 aromatic rings. The zero-order valence-electron chi connectivity index (χ0n) is 18.1. The largest absolute Gasteiger partial charge is 0.466 e. The molecule has 1 aromatic carbocycles. The van der Waals surface area contributed by atoms with E-state index in [2.05, 4.69) is 4.90 Å². The second kappa shape index (κ2) is 10.3. The molecule has 9 heteroatoms. The number of benzene rings is 1. The first-order valence-corrected chi connectivity index (χ1v) is 10.3. The van der Waals surface area contributed by atoms with Crippen LogP contribution in [0.2, 0.25) is 0 Å². The third kappa shape index (κ3) is 4.82. The van der Waals surface area contributed by atoms with Gasteiger partial charge in [0.2, 0.25) is 0 Å². The first-order chi connectivity index (χ1) is 15.0. The number of nitrogens with zero attached hydrogens (tertiary/aromatic N) is 2. The van der Waals surface area contributed by atoms with Gasteiger partial charge in [-0.1, -0.05) is 12.1 Å². The number of para-hydroxylation sites is 2. The molecule has 31 heavy (non-hydrogen) atoms. The maximum Gasteiger partial charge on any atom is 0.355 e. The molecule has 9 nitrogen and oxygen atoms in total. The fourth-order valence-corrected chi connectivity index (χ4v) is 3.91. The second-order valence-corrected chi connectivity index (χ2v) is 7.22. The Labute approximate surface area is 181 Å². The number of carbonyl (C=O) groups is 3. The predicted octanol–water partition coefficient (Wildman–Crippen LogP) is 1.86. The van der Waals surface area contributed by atoms with Gasteiger partial charge in [0.1, 0.15) is 12.4 Å². The van der Waals surface area contributed by atoms with Gasteiger partial charge >= 0.3 is 17.9 Å². The van der Waals surface area contributed by atoms with Gasteiger partial charge in [-0.05, 0) is 31.9 Å². The summed E-state index contributed by atoms with van der Waals surface area (Å²) >= 11 is 0. The van der Waals surface area contributed by atoms with Gasteiger partial charge in [0, 0.05) is 13.1 Å². The molecule has 0 N–H and O–H groups in total. The highest BCUT2D eigenvalue weighted by molar-refractivity contribution is 6.04. The summed E-state index contributed by atoms with van der Waals surface area (Å²) in [6.45, 7) is 3.55. The van der Waals surface area contributed by atoms with Crippen molar-refractivity contribution in [1.82, 2.24) is 0 Å². The fourth-order valence-electron chi connectivity index (χ4n) is 3.91. The zero-order valence-corrected chi connectivity index (χ0v) is 18.1. The first kappa shape index (κ1) is 22.6. The molecular formula is C22H28N2O7. The van der Waals surface area contributed by atoms with E-state index in [1.54, 1.807) is 11.8 Å². The van der Waals surface area contributed by atoms with E-state index in [0.29, 0.717) is 38.2 Å². The maximum atomic E-state index is 12.6. The van der Waals surface area contributed by atoms with Crippen molar-refractivity contribution in [1.29, 1.82) is 0 Å². The minimum Gasteiger partial charge on any atom is -0.466 e. The van der Waals surface area contributed by atoms with E-state index < -0.39 is 11.9 Å². The molecular weight excluding hydrogens is 404 g/mol. The third-order valence-corrected chi connectivity index (χ3v) is 5.46. The molecule has 0 radical (unpaired) electrons. The molecule has 2 aliphatic heterocycles. The van der Waals surface area contributed by atoms with Crippen LogP contribution in [0.4, 0.5) is 11.4 Å². The van der Waals surface area contributed by atoms with E-state index in [4.69, 9.17) is 18.9 Å². The molecule has 0 aromatic heterocycles. The van der Waals surface area contributed by atoms with Crippen LogP contribution >= 0.6 is 0 Å². The molecule has 1 fully saturated rings. The van der Waals surface area contributed by atoms with Crippen molar-refractivity contribution in [2.24, 2.45) is 5.92 Å². The number of hydrogen-bond donors (Lipinski definition) is 0. The van der Waals surface area contributed by atoms with Crippen LogP contribution in [0.3, 0.4) is 0 Å². The zero-order chi connectivity index (χ0) is 22.4. The van der Waals surface area contributed by atoms with E-state index >= 15 is 0 Å². The molecule has 0 unspecified atom stereocenters. The Morgan fingerprint density at radius 1 is 1.03 bits per heavy atom. The number of piperidine rings is 1. The van der Waals surface area contributed by atoms with Crippen molar-refractivity contribution in [3.05, 3.63) is 35.5 Å². The molecule has 0 amide bonds. The van der Waals surface area contributed by atoms with Gasteiger partial charge in [0.05, 0.1) is 50.3 Å². The minimum absolute atomic E-state index is 0.0410. The molecule has 0 bridgehead atoms. The summed E-state index contributed by atoms with van der Waals surface area (Å²) in [7, 11) is 2.52. The van der Waals surface area contributed by atoms with Gasteiger partial charge < -0.3 is 28.7 Å². The van der Waals surface area contributed by atoms with Crippen LogP contribution < -0.4 is 9.80 Å². The van der Waals surface area contributed by atoms with Crippen molar-refractivity contribution in [3.63, 3.8) is 0 Å².